The molecule has 3 amide bonds. The molecule has 29 heteroatoms. The fraction of sp³-hybridized carbons (Fsp3) is 0.460. The highest BCUT2D eigenvalue weighted by Gasteiger charge is 2.56. The lowest BCUT2D eigenvalue weighted by atomic mass is 10.1. The van der Waals surface area contributed by atoms with Gasteiger partial charge in [0.25, 0.3) is 23.3 Å². The van der Waals surface area contributed by atoms with Crippen LogP contribution in [0.15, 0.2) is 84.6 Å². The van der Waals surface area contributed by atoms with E-state index < -0.39 is 108 Å². The van der Waals surface area contributed by atoms with E-state index in [1.165, 1.54) is 28.1 Å². The Labute approximate surface area is 458 Å². The van der Waals surface area contributed by atoms with Gasteiger partial charge >= 0.3 is 15.0 Å². The van der Waals surface area contributed by atoms with E-state index in [9.17, 15) is 33.7 Å². The number of anilines is 1. The Kier molecular flexibility index (Phi) is 16.1. The number of imidazole rings is 1. The largest absolute Gasteiger partial charge is 0.695 e. The molecule has 0 spiro atoms. The van der Waals surface area contributed by atoms with Crippen molar-refractivity contribution >= 4 is 80.8 Å². The summed E-state index contributed by atoms with van der Waals surface area (Å²) >= 11 is 5.97. The minimum absolute atomic E-state index is 0.0784. The number of carbonyl (C=O) groups is 3. The molecule has 0 aliphatic carbocycles. The molecule has 2 aromatic carbocycles. The van der Waals surface area contributed by atoms with Crippen molar-refractivity contribution < 1.29 is 65.3 Å². The summed E-state index contributed by atoms with van der Waals surface area (Å²) in [6, 6.07) is 15.2. The standard InChI is InChI=1S/C50H55FN10O14P2SSi/c1-50(2,3)79(5,6)75-40-38(73-76(67)68)34(72-49(40)60-23-30-15-12-19-58(41-35(30)42(60)54-26-53-41)44(63)29-13-8-7-9-14-29)25-70-77(78,69-22-18-52-4)74-39-36(51)33(24-62)71-48(39)61-28-55-37-43(61)56-27-57(47(37)66)20-21-59-45(64)31-16-10-11-17-32(31)46(59)65/h7-11,13-14,16-17,23,26-28,33-34,36,38-40,48-49,62H,12,15,18-22,24-25H2,1-3,5-6H3/p+1/t33-,34-,36-,38-,39-,40-,48-,49-,77?/m1/s1. The normalized spacial score (nSPS) is 24.3. The second kappa shape index (κ2) is 22.5. The third-order valence-corrected chi connectivity index (χ3v) is 22.1. The fourth-order valence-electron chi connectivity index (χ4n) is 9.87. The van der Waals surface area contributed by atoms with Crippen molar-refractivity contribution in [3.05, 3.63) is 124 Å². The van der Waals surface area contributed by atoms with Crippen LogP contribution >= 0.6 is 15.0 Å². The first kappa shape index (κ1) is 56.3. The monoisotopic (exact) mass is 1160 g/mol. The Morgan fingerprint density at radius 2 is 1.62 bits per heavy atom. The molecule has 2 unspecified atom stereocenters. The number of ether oxygens (including phenoxy) is 2. The molecule has 79 heavy (non-hydrogen) atoms. The van der Waals surface area contributed by atoms with E-state index in [4.69, 9.17) is 55.4 Å². The molecule has 8 heterocycles. The second-order valence-corrected chi connectivity index (χ2v) is 29.1. The number of carbonyl (C=O) groups excluding carboxylic acids is 3. The maximum Gasteiger partial charge on any atom is 0.695 e. The van der Waals surface area contributed by atoms with E-state index in [0.29, 0.717) is 41.8 Å². The highest BCUT2D eigenvalue weighted by Crippen LogP contribution is 2.56. The van der Waals surface area contributed by atoms with Crippen LogP contribution < -0.4 is 10.5 Å². The molecule has 4 aromatic heterocycles. The lowest BCUT2D eigenvalue weighted by Gasteiger charge is -2.40. The third kappa shape index (κ3) is 10.8. The maximum atomic E-state index is 16.7. The van der Waals surface area contributed by atoms with Gasteiger partial charge in [-0.2, -0.15) is 0 Å². The third-order valence-electron chi connectivity index (χ3n) is 14.8. The SMILES string of the molecule is [C-]#[N+]CCOP(=S)(OC[C@H]1O[C@@H](n2cc3c4c(ncnc42)N(C(=O)c2ccccc2)CCC3)[C@H](O[Si](C)(C)C(C)(C)C)[C@@H]1O[P+](=O)O)O[C@@H]1[C@H](F)[C@@H](CO)O[C@H]1n1cnc2c(=O)n(CCN3C(=O)c4ccccc4C3=O)cnc21. The Balaban J connectivity index is 0.950. The van der Waals surface area contributed by atoms with Crippen LogP contribution in [-0.4, -0.2) is 151 Å². The van der Waals surface area contributed by atoms with Crippen molar-refractivity contribution in [1.82, 2.24) is 38.5 Å². The van der Waals surface area contributed by atoms with Gasteiger partial charge in [0, 0.05) is 36.0 Å². The number of imide groups is 1. The van der Waals surface area contributed by atoms with Crippen LogP contribution in [0, 0.1) is 6.57 Å². The molecule has 0 saturated carbocycles. The first-order valence-corrected chi connectivity index (χ1v) is 31.9. The van der Waals surface area contributed by atoms with Crippen LogP contribution in [0.3, 0.4) is 0 Å². The summed E-state index contributed by atoms with van der Waals surface area (Å²) in [6.07, 6.45) is -5.07. The lowest BCUT2D eigenvalue weighted by molar-refractivity contribution is -0.0573. The zero-order valence-electron chi connectivity index (χ0n) is 43.4. The predicted octanol–water partition coefficient (Wildman–Crippen LogP) is 6.04. The number of aromatic nitrogens is 7. The first-order valence-electron chi connectivity index (χ1n) is 25.3. The zero-order valence-corrected chi connectivity index (χ0v) is 47.0. The van der Waals surface area contributed by atoms with Gasteiger partial charge in [-0.1, -0.05) is 51.1 Å². The number of nitrogens with zero attached hydrogens (tertiary/aromatic N) is 10. The lowest BCUT2D eigenvalue weighted by Crippen LogP contribution is -2.49. The molecule has 4 aliphatic heterocycles. The van der Waals surface area contributed by atoms with Gasteiger partial charge in [0.1, 0.15) is 55.1 Å². The predicted molar refractivity (Wildman–Crippen MR) is 287 cm³/mol. The molecule has 0 radical (unpaired) electrons. The molecule has 10 rings (SSSR count). The van der Waals surface area contributed by atoms with Crippen molar-refractivity contribution in [3.63, 3.8) is 0 Å². The van der Waals surface area contributed by atoms with Gasteiger partial charge in [-0.3, -0.25) is 42.6 Å². The molecule has 4 aliphatic rings. The van der Waals surface area contributed by atoms with E-state index in [0.717, 1.165) is 10.5 Å². The van der Waals surface area contributed by atoms with Gasteiger partial charge < -0.3 is 37.5 Å². The fourth-order valence-corrected chi connectivity index (χ4v) is 13.7. The van der Waals surface area contributed by atoms with E-state index >= 15 is 4.39 Å². The number of benzene rings is 2. The van der Waals surface area contributed by atoms with Crippen LogP contribution in [0.2, 0.25) is 18.1 Å². The number of rotatable bonds is 19. The Morgan fingerprint density at radius 3 is 2.30 bits per heavy atom. The quantitative estimate of drug-likeness (QED) is 0.0308. The highest BCUT2D eigenvalue weighted by molar-refractivity contribution is 8.07. The van der Waals surface area contributed by atoms with Gasteiger partial charge in [-0.05, 0) is 72.6 Å². The summed E-state index contributed by atoms with van der Waals surface area (Å²) in [4.78, 5) is 88.4. The van der Waals surface area contributed by atoms with Crippen molar-refractivity contribution in [3.8, 4) is 0 Å². The minimum Gasteiger partial charge on any atom is -0.406 e. The summed E-state index contributed by atoms with van der Waals surface area (Å²) in [5, 5.41) is 10.5. The van der Waals surface area contributed by atoms with Crippen molar-refractivity contribution in [2.24, 2.45) is 0 Å². The summed E-state index contributed by atoms with van der Waals surface area (Å²) in [7, 11) is -6.15. The summed E-state index contributed by atoms with van der Waals surface area (Å²) in [5.74, 6) is -0.855. The summed E-state index contributed by atoms with van der Waals surface area (Å²) in [5.41, 5.74) is 1.26. The molecule has 2 fully saturated rings. The maximum absolute atomic E-state index is 16.7. The van der Waals surface area contributed by atoms with Gasteiger partial charge in [0.15, 0.2) is 44.2 Å². The number of hydrogen-bond acceptors (Lipinski definition) is 18. The molecular weight excluding hydrogens is 1110 g/mol. The van der Waals surface area contributed by atoms with E-state index in [1.54, 1.807) is 58.0 Å². The van der Waals surface area contributed by atoms with Crippen molar-refractivity contribution in [2.75, 3.05) is 44.4 Å². The molecule has 10 atom stereocenters. The average molecular weight is 1160 g/mol. The second-order valence-electron chi connectivity index (χ2n) is 20.7. The Hall–Kier alpha value is -5.95. The van der Waals surface area contributed by atoms with E-state index in [-0.39, 0.29) is 54.4 Å². The smallest absolute Gasteiger partial charge is 0.406 e. The van der Waals surface area contributed by atoms with Gasteiger partial charge in [-0.15, -0.1) is 9.42 Å². The summed E-state index contributed by atoms with van der Waals surface area (Å²) < 4.78 is 78.1. The number of fused-ring (bicyclic) bond motifs is 2. The van der Waals surface area contributed by atoms with Gasteiger partial charge in [0.05, 0.1) is 36.1 Å². The average Bonchev–Trinajstić information content (AvgIpc) is 4.40. The topological polar surface area (TPSA) is 268 Å². The number of hydrogen-bond donors (Lipinski definition) is 2. The summed E-state index contributed by atoms with van der Waals surface area (Å²) in [6.45, 7) is 11.4. The van der Waals surface area contributed by atoms with Crippen LogP contribution in [0.1, 0.15) is 76.3 Å². The molecule has 2 N–H and O–H groups in total. The number of aliphatic hydroxyl groups excluding tert-OH is 1. The number of amides is 3. The first-order chi connectivity index (χ1) is 37.7. The van der Waals surface area contributed by atoms with Gasteiger partial charge in [-0.25, -0.2) is 30.9 Å². The van der Waals surface area contributed by atoms with Gasteiger partial charge in [0.2, 0.25) is 6.54 Å². The number of aryl methyl sites for hydroxylation is 1. The van der Waals surface area contributed by atoms with Crippen molar-refractivity contribution in [2.45, 2.75) is 107 Å². The number of halogens is 1. The Bertz CT molecular complexity index is 3470. The van der Waals surface area contributed by atoms with Crippen LogP contribution in [0.4, 0.5) is 10.2 Å². The van der Waals surface area contributed by atoms with Crippen LogP contribution in [-0.2, 0) is 61.3 Å². The molecule has 2 saturated heterocycles. The molecule has 416 valence electrons. The molecule has 6 aromatic rings. The van der Waals surface area contributed by atoms with E-state index in [1.807, 2.05) is 46.1 Å². The van der Waals surface area contributed by atoms with E-state index in [2.05, 4.69) is 19.8 Å². The number of alkyl halides is 1. The van der Waals surface area contributed by atoms with Crippen molar-refractivity contribution in [1.29, 1.82) is 0 Å². The zero-order chi connectivity index (χ0) is 56.1. The minimum atomic E-state index is -4.28. The van der Waals surface area contributed by atoms with Crippen LogP contribution in [0.5, 0.6) is 0 Å². The molecule has 0 bridgehead atoms. The molecular formula is C50H56FN10O14P2SSi+. The number of aliphatic hydroxyl groups is 1. The highest BCUT2D eigenvalue weighted by atomic mass is 32.5. The molecule has 24 nitrogen and oxygen atoms in total. The Morgan fingerprint density at radius 1 is 0.924 bits per heavy atom. The van der Waals surface area contributed by atoms with Crippen LogP contribution in [0.25, 0.3) is 27.0 Å².